The Labute approximate surface area is 179 Å². The Hall–Kier alpha value is -3.02. The summed E-state index contributed by atoms with van der Waals surface area (Å²) in [5.74, 6) is 0.923. The Morgan fingerprint density at radius 3 is 2.37 bits per heavy atom. The lowest BCUT2D eigenvalue weighted by molar-refractivity contribution is -0.142. The van der Waals surface area contributed by atoms with Crippen molar-refractivity contribution >= 4 is 11.8 Å². The zero-order chi connectivity index (χ0) is 22.1. The molecule has 0 saturated heterocycles. The van der Waals surface area contributed by atoms with Crippen molar-refractivity contribution in [2.45, 2.75) is 40.3 Å². The van der Waals surface area contributed by atoms with Crippen LogP contribution in [0.15, 0.2) is 48.5 Å². The van der Waals surface area contributed by atoms with Crippen LogP contribution >= 0.6 is 0 Å². The largest absolute Gasteiger partial charge is 0.493 e. The Bertz CT molecular complexity index is 851. The summed E-state index contributed by atoms with van der Waals surface area (Å²) in [4.78, 5) is 27.3. The van der Waals surface area contributed by atoms with Crippen LogP contribution in [0.3, 0.4) is 0 Å². The number of methoxy groups -OCH3 is 1. The Morgan fingerprint density at radius 2 is 1.73 bits per heavy atom. The normalized spacial score (nSPS) is 11.7. The first-order chi connectivity index (χ1) is 14.3. The lowest BCUT2D eigenvalue weighted by Crippen LogP contribution is -2.49. The quantitative estimate of drug-likeness (QED) is 0.648. The van der Waals surface area contributed by atoms with Crippen LogP contribution in [0.25, 0.3) is 0 Å². The number of ether oxygens (including phenoxy) is 2. The van der Waals surface area contributed by atoms with Gasteiger partial charge in [-0.2, -0.15) is 0 Å². The van der Waals surface area contributed by atoms with E-state index in [2.05, 4.69) is 5.32 Å². The van der Waals surface area contributed by atoms with Gasteiger partial charge in [-0.05, 0) is 37.5 Å². The average molecular weight is 413 g/mol. The maximum Gasteiger partial charge on any atom is 0.261 e. The molecule has 0 saturated carbocycles. The lowest BCUT2D eigenvalue weighted by Gasteiger charge is -2.29. The third kappa shape index (κ3) is 6.79. The van der Waals surface area contributed by atoms with E-state index in [1.165, 1.54) is 0 Å². The highest BCUT2D eigenvalue weighted by Gasteiger charge is 2.26. The molecule has 0 unspecified atom stereocenters. The molecule has 2 aromatic carbocycles. The van der Waals surface area contributed by atoms with Gasteiger partial charge in [0.15, 0.2) is 18.1 Å². The van der Waals surface area contributed by atoms with Gasteiger partial charge in [0, 0.05) is 13.1 Å². The van der Waals surface area contributed by atoms with Gasteiger partial charge in [0.05, 0.1) is 7.11 Å². The third-order valence-corrected chi connectivity index (χ3v) is 4.71. The summed E-state index contributed by atoms with van der Waals surface area (Å²) in [6.07, 6.45) is 0. The highest BCUT2D eigenvalue weighted by atomic mass is 16.5. The van der Waals surface area contributed by atoms with Gasteiger partial charge in [0.25, 0.3) is 5.91 Å². The Morgan fingerprint density at radius 1 is 1.03 bits per heavy atom. The van der Waals surface area contributed by atoms with E-state index in [1.54, 1.807) is 31.1 Å². The molecule has 0 fully saturated rings. The molecule has 6 nitrogen and oxygen atoms in total. The van der Waals surface area contributed by atoms with Crippen molar-refractivity contribution in [2.24, 2.45) is 5.92 Å². The first-order valence-corrected chi connectivity index (χ1v) is 10.2. The predicted molar refractivity (Wildman–Crippen MR) is 118 cm³/mol. The minimum absolute atomic E-state index is 0.179. The van der Waals surface area contributed by atoms with Crippen molar-refractivity contribution in [1.82, 2.24) is 10.2 Å². The molecule has 0 aromatic heterocycles. The number of aryl methyl sites for hydroxylation is 1. The minimum atomic E-state index is -0.627. The summed E-state index contributed by atoms with van der Waals surface area (Å²) < 4.78 is 11.0. The fourth-order valence-electron chi connectivity index (χ4n) is 3.00. The molecule has 2 rings (SSSR count). The fraction of sp³-hybridized carbons (Fsp3) is 0.417. The number of hydrogen-bond acceptors (Lipinski definition) is 4. The Kier molecular flexibility index (Phi) is 8.71. The number of nitrogens with zero attached hydrogens (tertiary/aromatic N) is 1. The van der Waals surface area contributed by atoms with E-state index in [1.807, 2.05) is 57.2 Å². The standard InChI is InChI=1S/C24H32N2O4/c1-17(2)14-25-24(28)19(4)26(15-20-10-8-9-18(3)13-20)23(27)16-30-22-12-7-6-11-21(22)29-5/h6-13,17,19H,14-16H2,1-5H3,(H,25,28)/t19-/m0/s1. The van der Waals surface area contributed by atoms with Gasteiger partial charge in [-0.3, -0.25) is 9.59 Å². The summed E-state index contributed by atoms with van der Waals surface area (Å²) >= 11 is 0. The van der Waals surface area contributed by atoms with E-state index in [9.17, 15) is 9.59 Å². The molecule has 0 spiro atoms. The Balaban J connectivity index is 2.16. The van der Waals surface area contributed by atoms with Crippen molar-refractivity contribution in [1.29, 1.82) is 0 Å². The van der Waals surface area contributed by atoms with Crippen LogP contribution in [0.1, 0.15) is 31.9 Å². The molecule has 0 aliphatic carbocycles. The summed E-state index contributed by atoms with van der Waals surface area (Å²) in [7, 11) is 1.55. The van der Waals surface area contributed by atoms with Crippen LogP contribution in [0.4, 0.5) is 0 Å². The van der Waals surface area contributed by atoms with E-state index in [0.29, 0.717) is 30.5 Å². The third-order valence-electron chi connectivity index (χ3n) is 4.71. The summed E-state index contributed by atoms with van der Waals surface area (Å²) in [6.45, 7) is 8.50. The first kappa shape index (κ1) is 23.3. The molecule has 6 heteroatoms. The van der Waals surface area contributed by atoms with Crippen molar-refractivity contribution < 1.29 is 19.1 Å². The highest BCUT2D eigenvalue weighted by Crippen LogP contribution is 2.25. The molecule has 1 N–H and O–H groups in total. The van der Waals surface area contributed by atoms with Gasteiger partial charge in [-0.15, -0.1) is 0 Å². The second-order valence-corrected chi connectivity index (χ2v) is 7.77. The van der Waals surface area contributed by atoms with Gasteiger partial charge in [-0.25, -0.2) is 0 Å². The molecule has 1 atom stereocenters. The summed E-state index contributed by atoms with van der Waals surface area (Å²) in [6, 6.07) is 14.4. The summed E-state index contributed by atoms with van der Waals surface area (Å²) in [5.41, 5.74) is 2.06. The van der Waals surface area contributed by atoms with Crippen molar-refractivity contribution in [2.75, 3.05) is 20.3 Å². The number of hydrogen-bond donors (Lipinski definition) is 1. The van der Waals surface area contributed by atoms with Gasteiger partial charge < -0.3 is 19.7 Å². The van der Waals surface area contributed by atoms with Crippen LogP contribution in [-0.2, 0) is 16.1 Å². The van der Waals surface area contributed by atoms with E-state index in [4.69, 9.17) is 9.47 Å². The second-order valence-electron chi connectivity index (χ2n) is 7.77. The molecule has 162 valence electrons. The van der Waals surface area contributed by atoms with Gasteiger partial charge in [-0.1, -0.05) is 55.8 Å². The molecule has 2 amide bonds. The molecule has 0 heterocycles. The van der Waals surface area contributed by atoms with Crippen LogP contribution in [-0.4, -0.2) is 43.0 Å². The minimum Gasteiger partial charge on any atom is -0.493 e. The highest BCUT2D eigenvalue weighted by molar-refractivity contribution is 5.88. The zero-order valence-corrected chi connectivity index (χ0v) is 18.5. The maximum absolute atomic E-state index is 13.1. The lowest BCUT2D eigenvalue weighted by atomic mass is 10.1. The molecular formula is C24H32N2O4. The van der Waals surface area contributed by atoms with Crippen molar-refractivity contribution in [3.8, 4) is 11.5 Å². The molecular weight excluding hydrogens is 380 g/mol. The predicted octanol–water partition coefficient (Wildman–Crippen LogP) is 3.57. The summed E-state index contributed by atoms with van der Waals surface area (Å²) in [5, 5.41) is 2.91. The second kappa shape index (κ2) is 11.2. The molecule has 2 aromatic rings. The topological polar surface area (TPSA) is 67.9 Å². The van der Waals surface area contributed by atoms with Crippen LogP contribution < -0.4 is 14.8 Å². The molecule has 0 aliphatic rings. The van der Waals surface area contributed by atoms with Gasteiger partial charge in [0.2, 0.25) is 5.91 Å². The molecule has 0 radical (unpaired) electrons. The number of amides is 2. The zero-order valence-electron chi connectivity index (χ0n) is 18.5. The number of carbonyl (C=O) groups is 2. The molecule has 30 heavy (non-hydrogen) atoms. The number of benzene rings is 2. The number of para-hydroxylation sites is 2. The van der Waals surface area contributed by atoms with Crippen LogP contribution in [0.5, 0.6) is 11.5 Å². The van der Waals surface area contributed by atoms with Crippen molar-refractivity contribution in [3.63, 3.8) is 0 Å². The fourth-order valence-corrected chi connectivity index (χ4v) is 3.00. The number of carbonyl (C=O) groups excluding carboxylic acids is 2. The first-order valence-electron chi connectivity index (χ1n) is 10.2. The van der Waals surface area contributed by atoms with Crippen LogP contribution in [0.2, 0.25) is 0 Å². The smallest absolute Gasteiger partial charge is 0.261 e. The molecule has 0 aliphatic heterocycles. The average Bonchev–Trinajstić information content (AvgIpc) is 2.73. The number of rotatable bonds is 10. The SMILES string of the molecule is COc1ccccc1OCC(=O)N(Cc1cccc(C)c1)[C@@H](C)C(=O)NCC(C)C. The van der Waals surface area contributed by atoms with Crippen LogP contribution in [0, 0.1) is 12.8 Å². The molecule has 0 bridgehead atoms. The maximum atomic E-state index is 13.1. The van der Waals surface area contributed by atoms with E-state index in [0.717, 1.165) is 11.1 Å². The van der Waals surface area contributed by atoms with E-state index in [-0.39, 0.29) is 18.4 Å². The van der Waals surface area contributed by atoms with E-state index >= 15 is 0 Å². The number of nitrogens with one attached hydrogen (secondary N) is 1. The van der Waals surface area contributed by atoms with E-state index < -0.39 is 6.04 Å². The monoisotopic (exact) mass is 412 g/mol. The van der Waals surface area contributed by atoms with Gasteiger partial charge >= 0.3 is 0 Å². The van der Waals surface area contributed by atoms with Gasteiger partial charge in [0.1, 0.15) is 6.04 Å². The van der Waals surface area contributed by atoms with Crippen molar-refractivity contribution in [3.05, 3.63) is 59.7 Å².